The summed E-state index contributed by atoms with van der Waals surface area (Å²) in [4.78, 5) is 40.3. The molecule has 0 radical (unpaired) electrons. The number of halogens is 1. The summed E-state index contributed by atoms with van der Waals surface area (Å²) in [5.74, 6) is -0.175. The molecule has 250 valence electrons. The Morgan fingerprint density at radius 1 is 0.872 bits per heavy atom. The molecule has 1 heterocycles. The van der Waals surface area contributed by atoms with E-state index in [0.717, 1.165) is 42.6 Å². The molecular weight excluding hydrogens is 606 g/mol. The molecule has 0 aliphatic carbocycles. The molecule has 0 saturated carbocycles. The molecule has 1 aromatic heterocycles. The number of aliphatic imine (C=N–C) groups is 1. The normalized spacial score (nSPS) is 11.7. The first kappa shape index (κ1) is 35.9. The molecule has 47 heavy (non-hydrogen) atoms. The number of anilines is 2. The first-order valence-corrected chi connectivity index (χ1v) is 17.6. The average Bonchev–Trinajstić information content (AvgIpc) is 3.06. The van der Waals surface area contributed by atoms with Crippen LogP contribution in [-0.4, -0.2) is 34.8 Å². The van der Waals surface area contributed by atoms with Gasteiger partial charge in [0.2, 0.25) is 0 Å². The number of carbonyl (C=O) groups is 1. The van der Waals surface area contributed by atoms with Gasteiger partial charge in [-0.05, 0) is 80.8 Å². The van der Waals surface area contributed by atoms with Crippen molar-refractivity contribution in [3.05, 3.63) is 93.0 Å². The SMILES string of the molecule is CCCCCCCCCCCCn1c(C(=Nc2ccc(N(C)CC)cc2C)C(=O)Nc2ccccc2C)nc2ccc(Cl)cc2c1=O. The Balaban J connectivity index is 1.72. The van der Waals surface area contributed by atoms with Crippen molar-refractivity contribution >= 4 is 51.2 Å². The van der Waals surface area contributed by atoms with Crippen LogP contribution in [0, 0.1) is 13.8 Å². The third-order valence-corrected chi connectivity index (χ3v) is 9.03. The Labute approximate surface area is 285 Å². The van der Waals surface area contributed by atoms with Crippen LogP contribution >= 0.6 is 11.6 Å². The van der Waals surface area contributed by atoms with Crippen LogP contribution in [0.1, 0.15) is 95.0 Å². The molecule has 3 aromatic carbocycles. The van der Waals surface area contributed by atoms with Crippen LogP contribution in [-0.2, 0) is 11.3 Å². The maximum Gasteiger partial charge on any atom is 0.278 e. The lowest BCUT2D eigenvalue weighted by Crippen LogP contribution is -2.34. The summed E-state index contributed by atoms with van der Waals surface area (Å²) in [5, 5.41) is 3.94. The fourth-order valence-corrected chi connectivity index (χ4v) is 5.91. The molecule has 8 heteroatoms. The van der Waals surface area contributed by atoms with Crippen LogP contribution in [0.4, 0.5) is 17.1 Å². The van der Waals surface area contributed by atoms with Crippen molar-refractivity contribution < 1.29 is 4.79 Å². The van der Waals surface area contributed by atoms with Gasteiger partial charge < -0.3 is 10.2 Å². The van der Waals surface area contributed by atoms with Gasteiger partial charge in [-0.2, -0.15) is 0 Å². The summed E-state index contributed by atoms with van der Waals surface area (Å²) in [6.45, 7) is 9.56. The first-order valence-electron chi connectivity index (χ1n) is 17.2. The predicted octanol–water partition coefficient (Wildman–Crippen LogP) is 9.80. The monoisotopic (exact) mass is 655 g/mol. The van der Waals surface area contributed by atoms with E-state index in [4.69, 9.17) is 21.6 Å². The van der Waals surface area contributed by atoms with Gasteiger partial charge in [0, 0.05) is 36.5 Å². The summed E-state index contributed by atoms with van der Waals surface area (Å²) in [5.41, 5.74) is 4.56. The molecule has 0 aliphatic heterocycles. The third kappa shape index (κ3) is 9.77. The number of hydrogen-bond acceptors (Lipinski definition) is 5. The van der Waals surface area contributed by atoms with E-state index < -0.39 is 5.91 Å². The Morgan fingerprint density at radius 2 is 1.55 bits per heavy atom. The molecule has 0 unspecified atom stereocenters. The van der Waals surface area contributed by atoms with Crippen LogP contribution in [0.25, 0.3) is 10.9 Å². The highest BCUT2D eigenvalue weighted by molar-refractivity contribution is 6.48. The van der Waals surface area contributed by atoms with Gasteiger partial charge in [-0.15, -0.1) is 0 Å². The van der Waals surface area contributed by atoms with Gasteiger partial charge in [0.25, 0.3) is 11.5 Å². The van der Waals surface area contributed by atoms with Crippen molar-refractivity contribution in [3.8, 4) is 0 Å². The molecule has 0 aliphatic rings. The number of aromatic nitrogens is 2. The Kier molecular flexibility index (Phi) is 13.6. The van der Waals surface area contributed by atoms with Gasteiger partial charge >= 0.3 is 0 Å². The summed E-state index contributed by atoms with van der Waals surface area (Å²) in [6, 6.07) is 18.7. The smallest absolute Gasteiger partial charge is 0.278 e. The molecule has 7 nitrogen and oxygen atoms in total. The molecule has 0 atom stereocenters. The lowest BCUT2D eigenvalue weighted by atomic mass is 10.1. The minimum Gasteiger partial charge on any atom is -0.375 e. The number of para-hydroxylation sites is 1. The number of nitrogens with zero attached hydrogens (tertiary/aromatic N) is 4. The maximum atomic E-state index is 14.2. The van der Waals surface area contributed by atoms with E-state index in [0.29, 0.717) is 33.8 Å². The van der Waals surface area contributed by atoms with Crippen LogP contribution in [0.2, 0.25) is 5.02 Å². The van der Waals surface area contributed by atoms with E-state index in [2.05, 4.69) is 30.1 Å². The number of fused-ring (bicyclic) bond motifs is 1. The quantitative estimate of drug-likeness (QED) is 0.0907. The maximum absolute atomic E-state index is 14.2. The Bertz CT molecular complexity index is 1750. The predicted molar refractivity (Wildman–Crippen MR) is 199 cm³/mol. The number of unbranched alkanes of at least 4 members (excludes halogenated alkanes) is 9. The second-order valence-corrected chi connectivity index (χ2v) is 12.9. The number of aryl methyl sites for hydroxylation is 2. The van der Waals surface area contributed by atoms with Crippen molar-refractivity contribution in [1.29, 1.82) is 0 Å². The van der Waals surface area contributed by atoms with Gasteiger partial charge in [-0.25, -0.2) is 9.98 Å². The van der Waals surface area contributed by atoms with Gasteiger partial charge in [-0.3, -0.25) is 14.2 Å². The van der Waals surface area contributed by atoms with Crippen LogP contribution in [0.15, 0.2) is 70.5 Å². The summed E-state index contributed by atoms with van der Waals surface area (Å²) in [7, 11) is 2.04. The van der Waals surface area contributed by atoms with Crippen molar-refractivity contribution in [2.45, 2.75) is 98.4 Å². The van der Waals surface area contributed by atoms with Gasteiger partial charge in [0.15, 0.2) is 11.5 Å². The highest BCUT2D eigenvalue weighted by atomic mass is 35.5. The number of nitrogens with one attached hydrogen (secondary N) is 1. The standard InChI is InChI=1S/C39H50ClN5O2/c1-6-8-9-10-11-12-13-14-15-18-25-45-37(42-35-23-21-30(40)27-32(35)39(45)47)36(38(46)43-33-20-17-16-19-28(33)3)41-34-24-22-31(26-29(34)4)44(5)7-2/h16-17,19-24,26-27H,6-15,18,25H2,1-5H3,(H,43,46). The lowest BCUT2D eigenvalue weighted by molar-refractivity contribution is -0.110. The molecule has 1 amide bonds. The highest BCUT2D eigenvalue weighted by Gasteiger charge is 2.24. The van der Waals surface area contributed by atoms with E-state index in [1.807, 2.05) is 57.3 Å². The topological polar surface area (TPSA) is 79.6 Å². The van der Waals surface area contributed by atoms with E-state index in [1.165, 1.54) is 44.9 Å². The van der Waals surface area contributed by atoms with E-state index in [9.17, 15) is 9.59 Å². The van der Waals surface area contributed by atoms with Crippen molar-refractivity contribution in [2.24, 2.45) is 4.99 Å². The molecule has 4 rings (SSSR count). The fraction of sp³-hybridized carbons (Fsp3) is 0.436. The third-order valence-electron chi connectivity index (χ3n) is 8.80. The van der Waals surface area contributed by atoms with Crippen LogP contribution in [0.3, 0.4) is 0 Å². The van der Waals surface area contributed by atoms with Gasteiger partial charge in [0.05, 0.1) is 16.6 Å². The van der Waals surface area contributed by atoms with E-state index in [-0.39, 0.29) is 17.1 Å². The lowest BCUT2D eigenvalue weighted by Gasteiger charge is -2.19. The van der Waals surface area contributed by atoms with Crippen LogP contribution in [0.5, 0.6) is 0 Å². The fourth-order valence-electron chi connectivity index (χ4n) is 5.74. The van der Waals surface area contributed by atoms with Crippen LogP contribution < -0.4 is 15.8 Å². The number of hydrogen-bond donors (Lipinski definition) is 1. The average molecular weight is 656 g/mol. The van der Waals surface area contributed by atoms with E-state index in [1.54, 1.807) is 22.8 Å². The molecule has 0 saturated heterocycles. The minimum absolute atomic E-state index is 0.0916. The molecule has 0 bridgehead atoms. The molecular formula is C39H50ClN5O2. The zero-order valence-corrected chi connectivity index (χ0v) is 29.5. The minimum atomic E-state index is -0.425. The zero-order valence-electron chi connectivity index (χ0n) is 28.7. The Morgan fingerprint density at radius 3 is 2.21 bits per heavy atom. The highest BCUT2D eigenvalue weighted by Crippen LogP contribution is 2.26. The molecule has 0 fully saturated rings. The molecule has 1 N–H and O–H groups in total. The summed E-state index contributed by atoms with van der Waals surface area (Å²) < 4.78 is 1.62. The second-order valence-electron chi connectivity index (χ2n) is 12.5. The number of rotatable bonds is 17. The van der Waals surface area contributed by atoms with E-state index >= 15 is 0 Å². The van der Waals surface area contributed by atoms with Gasteiger partial charge in [0.1, 0.15) is 0 Å². The number of carbonyl (C=O) groups excluding carboxylic acids is 1. The summed E-state index contributed by atoms with van der Waals surface area (Å²) >= 11 is 6.32. The number of benzene rings is 3. The zero-order chi connectivity index (χ0) is 33.8. The molecule has 0 spiro atoms. The first-order chi connectivity index (χ1) is 22.7. The van der Waals surface area contributed by atoms with Gasteiger partial charge in [-0.1, -0.05) is 94.5 Å². The van der Waals surface area contributed by atoms with Crippen molar-refractivity contribution in [2.75, 3.05) is 23.8 Å². The summed E-state index contributed by atoms with van der Waals surface area (Å²) in [6.07, 6.45) is 11.8. The van der Waals surface area contributed by atoms with Crippen molar-refractivity contribution in [1.82, 2.24) is 9.55 Å². The Hall–Kier alpha value is -3.97. The number of amides is 1. The van der Waals surface area contributed by atoms with Crippen molar-refractivity contribution in [3.63, 3.8) is 0 Å². The second kappa shape index (κ2) is 17.8. The largest absolute Gasteiger partial charge is 0.375 e. The molecule has 4 aromatic rings.